The highest BCUT2D eigenvalue weighted by molar-refractivity contribution is 7.89. The van der Waals surface area contributed by atoms with Crippen LogP contribution in [0.2, 0.25) is 5.02 Å². The minimum atomic E-state index is -3.65. The Balaban J connectivity index is 3.25. The molecule has 0 atom stereocenters. The molecule has 0 amide bonds. The average Bonchev–Trinajstić information content (AvgIpc) is 2.25. The van der Waals surface area contributed by atoms with Crippen LogP contribution in [0.25, 0.3) is 0 Å². The maximum Gasteiger partial charge on any atom is 0.243 e. The molecule has 96 valence electrons. The fraction of sp³-hybridized carbons (Fsp3) is 0.400. The van der Waals surface area contributed by atoms with Crippen molar-refractivity contribution in [1.82, 2.24) is 4.31 Å². The first kappa shape index (κ1) is 14.2. The van der Waals surface area contributed by atoms with Gasteiger partial charge in [-0.05, 0) is 24.6 Å². The van der Waals surface area contributed by atoms with Gasteiger partial charge in [0.25, 0.3) is 0 Å². The number of benzene rings is 1. The van der Waals surface area contributed by atoms with Crippen molar-refractivity contribution >= 4 is 27.3 Å². The summed E-state index contributed by atoms with van der Waals surface area (Å²) in [7, 11) is -2.27. The Morgan fingerprint density at radius 2 is 2.06 bits per heavy atom. The third-order valence-electron chi connectivity index (χ3n) is 2.48. The van der Waals surface area contributed by atoms with Crippen LogP contribution in [-0.4, -0.2) is 38.0 Å². The van der Waals surface area contributed by atoms with Crippen molar-refractivity contribution in [3.63, 3.8) is 0 Å². The molecule has 1 aromatic carbocycles. The van der Waals surface area contributed by atoms with Crippen molar-refractivity contribution in [3.05, 3.63) is 22.7 Å². The monoisotopic (exact) mass is 278 g/mol. The predicted molar refractivity (Wildman–Crippen MR) is 67.5 cm³/mol. The van der Waals surface area contributed by atoms with Crippen LogP contribution < -0.4 is 5.73 Å². The van der Waals surface area contributed by atoms with Gasteiger partial charge in [0.1, 0.15) is 0 Å². The van der Waals surface area contributed by atoms with Crippen molar-refractivity contribution in [2.45, 2.75) is 11.8 Å². The number of halogens is 1. The maximum atomic E-state index is 12.0. The highest BCUT2D eigenvalue weighted by Crippen LogP contribution is 2.27. The summed E-state index contributed by atoms with van der Waals surface area (Å²) in [4.78, 5) is 0.0292. The zero-order valence-electron chi connectivity index (χ0n) is 9.64. The number of anilines is 1. The number of likely N-dealkylation sites (N-methyl/N-ethyl adjacent to an activating group) is 1. The van der Waals surface area contributed by atoms with Crippen LogP contribution in [-0.2, 0) is 10.0 Å². The summed E-state index contributed by atoms with van der Waals surface area (Å²) in [6.45, 7) is 1.49. The van der Waals surface area contributed by atoms with E-state index < -0.39 is 10.0 Å². The molecule has 0 aliphatic rings. The van der Waals surface area contributed by atoms with Crippen LogP contribution in [0.1, 0.15) is 5.56 Å². The number of nitrogen functional groups attached to an aromatic ring is 1. The topological polar surface area (TPSA) is 83.6 Å². The minimum absolute atomic E-state index is 0.0216. The van der Waals surface area contributed by atoms with Crippen LogP contribution in [0.5, 0.6) is 0 Å². The molecule has 3 N–H and O–H groups in total. The second-order valence-corrected chi connectivity index (χ2v) is 6.12. The fourth-order valence-corrected chi connectivity index (χ4v) is 2.78. The first-order valence-electron chi connectivity index (χ1n) is 4.93. The van der Waals surface area contributed by atoms with Crippen LogP contribution in [0, 0.1) is 6.92 Å². The van der Waals surface area contributed by atoms with Crippen molar-refractivity contribution in [3.8, 4) is 0 Å². The number of nitrogens with two attached hydrogens (primary N) is 1. The molecule has 0 saturated carbocycles. The standard InChI is InChI=1S/C10H15ClN2O3S/c1-7-9(11)5-8(6-10(7)12)17(15,16)13(2)3-4-14/h5-6,14H,3-4,12H2,1-2H3. The molecule has 0 spiro atoms. The molecule has 7 heteroatoms. The molecule has 0 unspecified atom stereocenters. The number of sulfonamides is 1. The predicted octanol–water partition coefficient (Wildman–Crippen LogP) is 0.843. The molecule has 17 heavy (non-hydrogen) atoms. The van der Waals surface area contributed by atoms with Gasteiger partial charge < -0.3 is 10.8 Å². The van der Waals surface area contributed by atoms with E-state index in [1.54, 1.807) is 6.92 Å². The fourth-order valence-electron chi connectivity index (χ4n) is 1.26. The van der Waals surface area contributed by atoms with Gasteiger partial charge in [0.05, 0.1) is 11.5 Å². The molecule has 1 aromatic rings. The number of aliphatic hydroxyl groups excluding tert-OH is 1. The van der Waals surface area contributed by atoms with E-state index in [-0.39, 0.29) is 18.0 Å². The van der Waals surface area contributed by atoms with Gasteiger partial charge in [-0.1, -0.05) is 11.6 Å². The van der Waals surface area contributed by atoms with E-state index in [4.69, 9.17) is 22.4 Å². The first-order valence-corrected chi connectivity index (χ1v) is 6.75. The van der Waals surface area contributed by atoms with Crippen molar-refractivity contribution in [2.24, 2.45) is 0 Å². The molecule has 0 saturated heterocycles. The van der Waals surface area contributed by atoms with E-state index in [0.29, 0.717) is 16.3 Å². The first-order chi connectivity index (χ1) is 7.80. The number of rotatable bonds is 4. The summed E-state index contributed by atoms with van der Waals surface area (Å²) in [6.07, 6.45) is 0. The Hall–Kier alpha value is -0.820. The zero-order valence-corrected chi connectivity index (χ0v) is 11.2. The largest absolute Gasteiger partial charge is 0.398 e. The molecular formula is C10H15ClN2O3S. The third-order valence-corrected chi connectivity index (χ3v) is 4.71. The molecule has 0 radical (unpaired) electrons. The van der Waals surface area contributed by atoms with Crippen molar-refractivity contribution in [1.29, 1.82) is 0 Å². The summed E-state index contributed by atoms with van der Waals surface area (Å²) in [5, 5.41) is 9.05. The number of hydrogen-bond acceptors (Lipinski definition) is 4. The SMILES string of the molecule is Cc1c(N)cc(S(=O)(=O)N(C)CCO)cc1Cl. The highest BCUT2D eigenvalue weighted by atomic mass is 35.5. The zero-order chi connectivity index (χ0) is 13.2. The van der Waals surface area contributed by atoms with Gasteiger partial charge in [-0.2, -0.15) is 4.31 Å². The van der Waals surface area contributed by atoms with Gasteiger partial charge in [0.2, 0.25) is 10.0 Å². The normalized spacial score (nSPS) is 12.1. The number of nitrogens with zero attached hydrogens (tertiary/aromatic N) is 1. The summed E-state index contributed by atoms with van der Waals surface area (Å²) in [5.74, 6) is 0. The molecule has 0 aromatic heterocycles. The van der Waals surface area contributed by atoms with Crippen LogP contribution in [0.4, 0.5) is 5.69 Å². The Labute approximate surface area is 106 Å². The molecule has 0 fully saturated rings. The lowest BCUT2D eigenvalue weighted by atomic mass is 10.2. The lowest BCUT2D eigenvalue weighted by molar-refractivity contribution is 0.266. The lowest BCUT2D eigenvalue weighted by Gasteiger charge is -2.17. The van der Waals surface area contributed by atoms with Crippen molar-refractivity contribution < 1.29 is 13.5 Å². The molecule has 0 aliphatic carbocycles. The Morgan fingerprint density at radius 3 is 2.53 bits per heavy atom. The lowest BCUT2D eigenvalue weighted by Crippen LogP contribution is -2.29. The van der Waals surface area contributed by atoms with Gasteiger partial charge in [0, 0.05) is 24.3 Å². The van der Waals surface area contributed by atoms with Crippen LogP contribution in [0.15, 0.2) is 17.0 Å². The third kappa shape index (κ3) is 2.90. The summed E-state index contributed by atoms with van der Waals surface area (Å²) >= 11 is 5.89. The van der Waals surface area contributed by atoms with E-state index in [1.165, 1.54) is 19.2 Å². The summed E-state index contributed by atoms with van der Waals surface area (Å²) in [5.41, 5.74) is 6.65. The molecule has 0 heterocycles. The highest BCUT2D eigenvalue weighted by Gasteiger charge is 2.21. The van der Waals surface area contributed by atoms with E-state index in [9.17, 15) is 8.42 Å². The molecule has 0 aliphatic heterocycles. The van der Waals surface area contributed by atoms with E-state index in [2.05, 4.69) is 0 Å². The van der Waals surface area contributed by atoms with E-state index in [0.717, 1.165) is 4.31 Å². The molecule has 1 rings (SSSR count). The van der Waals surface area contributed by atoms with Crippen LogP contribution in [0.3, 0.4) is 0 Å². The van der Waals surface area contributed by atoms with Gasteiger partial charge in [0.15, 0.2) is 0 Å². The quantitative estimate of drug-likeness (QED) is 0.800. The Morgan fingerprint density at radius 1 is 1.47 bits per heavy atom. The second-order valence-electron chi connectivity index (χ2n) is 3.67. The summed E-state index contributed by atoms with van der Waals surface area (Å²) in [6, 6.07) is 2.72. The Kier molecular flexibility index (Phi) is 4.37. The second kappa shape index (κ2) is 5.22. The Bertz CT molecular complexity index is 493. The smallest absolute Gasteiger partial charge is 0.243 e. The van der Waals surface area contributed by atoms with Gasteiger partial charge >= 0.3 is 0 Å². The van der Waals surface area contributed by atoms with Crippen LogP contribution >= 0.6 is 11.6 Å². The van der Waals surface area contributed by atoms with Gasteiger partial charge in [-0.15, -0.1) is 0 Å². The maximum absolute atomic E-state index is 12.0. The van der Waals surface area contributed by atoms with Crippen molar-refractivity contribution in [2.75, 3.05) is 25.9 Å². The molecule has 5 nitrogen and oxygen atoms in total. The van der Waals surface area contributed by atoms with Gasteiger partial charge in [-0.25, -0.2) is 8.42 Å². The van der Waals surface area contributed by atoms with E-state index >= 15 is 0 Å². The number of hydrogen-bond donors (Lipinski definition) is 2. The number of aliphatic hydroxyl groups is 1. The molecule has 0 bridgehead atoms. The average molecular weight is 279 g/mol. The van der Waals surface area contributed by atoms with E-state index in [1.807, 2.05) is 0 Å². The van der Waals surface area contributed by atoms with Gasteiger partial charge in [-0.3, -0.25) is 0 Å². The molecular weight excluding hydrogens is 264 g/mol. The summed E-state index contributed by atoms with van der Waals surface area (Å²) < 4.78 is 25.1. The minimum Gasteiger partial charge on any atom is -0.398 e.